The van der Waals surface area contributed by atoms with E-state index in [1.165, 1.54) is 16.7 Å². The van der Waals surface area contributed by atoms with Crippen LogP contribution in [0.3, 0.4) is 0 Å². The lowest BCUT2D eigenvalue weighted by molar-refractivity contribution is -0.173. The number of allylic oxidation sites excluding steroid dienone is 2. The fourth-order valence-corrected chi connectivity index (χ4v) is 5.19. The van der Waals surface area contributed by atoms with Crippen LogP contribution >= 0.6 is 23.1 Å². The maximum absolute atomic E-state index is 13.1. The second-order valence-corrected chi connectivity index (χ2v) is 10.9. The van der Waals surface area contributed by atoms with Gasteiger partial charge in [0.1, 0.15) is 29.4 Å². The van der Waals surface area contributed by atoms with E-state index >= 15 is 0 Å². The van der Waals surface area contributed by atoms with Crippen molar-refractivity contribution < 1.29 is 33.5 Å². The number of nitrogens with two attached hydrogens (primary N) is 1. The maximum Gasteiger partial charge on any atom is 0.358 e. The van der Waals surface area contributed by atoms with Crippen LogP contribution in [0.5, 0.6) is 0 Å². The number of carbonyl (C=O) groups is 4. The summed E-state index contributed by atoms with van der Waals surface area (Å²) in [4.78, 5) is 61.4. The number of thiazole rings is 1. The van der Waals surface area contributed by atoms with Gasteiger partial charge >= 0.3 is 11.9 Å². The van der Waals surface area contributed by atoms with Crippen molar-refractivity contribution in [1.29, 1.82) is 0 Å². The van der Waals surface area contributed by atoms with E-state index in [0.717, 1.165) is 11.3 Å². The molecule has 0 saturated carbocycles. The molecule has 2 aliphatic heterocycles. The van der Waals surface area contributed by atoms with E-state index in [0.29, 0.717) is 11.3 Å². The Labute approximate surface area is 222 Å². The minimum atomic E-state index is -0.922. The molecule has 2 atom stereocenters. The van der Waals surface area contributed by atoms with Crippen LogP contribution in [-0.4, -0.2) is 69.9 Å². The van der Waals surface area contributed by atoms with Gasteiger partial charge in [0.05, 0.1) is 5.41 Å². The number of aromatic nitrogens is 1. The molecule has 37 heavy (non-hydrogen) atoms. The fraction of sp³-hybridized carbons (Fsp3) is 0.478. The number of carbonyl (C=O) groups excluding carboxylic acids is 4. The van der Waals surface area contributed by atoms with Gasteiger partial charge in [-0.15, -0.1) is 23.1 Å². The van der Waals surface area contributed by atoms with Gasteiger partial charge in [-0.2, -0.15) is 0 Å². The molecule has 14 heteroatoms. The summed E-state index contributed by atoms with van der Waals surface area (Å²) in [6.45, 7) is 8.15. The molecule has 0 bridgehead atoms. The van der Waals surface area contributed by atoms with Crippen molar-refractivity contribution in [2.24, 2.45) is 10.6 Å². The average molecular weight is 552 g/mol. The third-order valence-electron chi connectivity index (χ3n) is 5.10. The third kappa shape index (κ3) is 6.31. The van der Waals surface area contributed by atoms with Gasteiger partial charge in [0, 0.05) is 11.1 Å². The molecular formula is C23H29N5O7S2. The van der Waals surface area contributed by atoms with Crippen LogP contribution in [-0.2, 0) is 33.5 Å². The van der Waals surface area contributed by atoms with Gasteiger partial charge in [-0.05, 0) is 40.2 Å². The minimum absolute atomic E-state index is 0.0413. The highest BCUT2D eigenvalue weighted by atomic mass is 32.2. The second-order valence-electron chi connectivity index (χ2n) is 8.89. The lowest BCUT2D eigenvalue weighted by atomic mass is 9.98. The summed E-state index contributed by atoms with van der Waals surface area (Å²) in [6, 6.07) is -0.922. The van der Waals surface area contributed by atoms with Gasteiger partial charge in [-0.1, -0.05) is 17.3 Å². The molecule has 1 aromatic rings. The van der Waals surface area contributed by atoms with E-state index in [1.54, 1.807) is 52.2 Å². The topological polar surface area (TPSA) is 163 Å². The molecule has 0 aromatic carbocycles. The summed E-state index contributed by atoms with van der Waals surface area (Å²) >= 11 is 2.52. The van der Waals surface area contributed by atoms with E-state index in [1.807, 2.05) is 0 Å². The van der Waals surface area contributed by atoms with E-state index in [-0.39, 0.29) is 28.8 Å². The summed E-state index contributed by atoms with van der Waals surface area (Å²) in [5.41, 5.74) is 5.64. The zero-order valence-corrected chi connectivity index (χ0v) is 22.7. The SMILES string of the molecule is C/C=C\C1=C(C(=O)OCOC(=O)C(C)(C)C)N2C(=O)[C@@H](NC(=O)/C(=N\OCC)c3csc(N)n3)[C@@H]2SC1. The van der Waals surface area contributed by atoms with Crippen molar-refractivity contribution in [3.63, 3.8) is 0 Å². The Balaban J connectivity index is 1.75. The van der Waals surface area contributed by atoms with Crippen LogP contribution in [0.4, 0.5) is 5.13 Å². The van der Waals surface area contributed by atoms with E-state index in [9.17, 15) is 19.2 Å². The summed E-state index contributed by atoms with van der Waals surface area (Å²) < 4.78 is 10.2. The molecule has 0 radical (unpaired) electrons. The molecule has 1 fully saturated rings. The van der Waals surface area contributed by atoms with Crippen LogP contribution < -0.4 is 11.1 Å². The Bertz CT molecular complexity index is 1170. The van der Waals surface area contributed by atoms with E-state index in [2.05, 4.69) is 15.5 Å². The van der Waals surface area contributed by atoms with Crippen molar-refractivity contribution in [1.82, 2.24) is 15.2 Å². The van der Waals surface area contributed by atoms with Gasteiger partial charge in [-0.25, -0.2) is 9.78 Å². The number of ether oxygens (including phenoxy) is 2. The molecule has 0 spiro atoms. The van der Waals surface area contributed by atoms with Gasteiger partial charge in [-0.3, -0.25) is 19.3 Å². The van der Waals surface area contributed by atoms with Crippen LogP contribution in [0, 0.1) is 5.41 Å². The first kappa shape index (κ1) is 28.2. The van der Waals surface area contributed by atoms with Crippen molar-refractivity contribution in [2.45, 2.75) is 46.0 Å². The molecule has 1 aromatic heterocycles. The number of anilines is 1. The number of oxime groups is 1. The van der Waals surface area contributed by atoms with Crippen LogP contribution in [0.1, 0.15) is 40.3 Å². The highest BCUT2D eigenvalue weighted by Crippen LogP contribution is 2.41. The normalized spacial score (nSPS) is 19.9. The number of nitrogen functional groups attached to an aromatic ring is 1. The molecule has 12 nitrogen and oxygen atoms in total. The molecule has 1 saturated heterocycles. The third-order valence-corrected chi connectivity index (χ3v) is 7.08. The van der Waals surface area contributed by atoms with Crippen molar-refractivity contribution >= 4 is 57.7 Å². The summed E-state index contributed by atoms with van der Waals surface area (Å²) in [7, 11) is 0. The lowest BCUT2D eigenvalue weighted by Gasteiger charge is -2.49. The number of hydrogen-bond donors (Lipinski definition) is 2. The smallest absolute Gasteiger partial charge is 0.358 e. The van der Waals surface area contributed by atoms with Crippen molar-refractivity contribution in [2.75, 3.05) is 24.9 Å². The molecule has 2 aliphatic rings. The molecule has 200 valence electrons. The second kappa shape index (κ2) is 11.8. The van der Waals surface area contributed by atoms with Crippen molar-refractivity contribution in [3.05, 3.63) is 34.5 Å². The lowest BCUT2D eigenvalue weighted by Crippen LogP contribution is -2.71. The van der Waals surface area contributed by atoms with E-state index in [4.69, 9.17) is 20.0 Å². The molecule has 2 amide bonds. The number of nitrogens with one attached hydrogen (secondary N) is 1. The Kier molecular flexibility index (Phi) is 8.97. The fourth-order valence-electron chi connectivity index (χ4n) is 3.32. The van der Waals surface area contributed by atoms with E-state index < -0.39 is 47.4 Å². The predicted molar refractivity (Wildman–Crippen MR) is 138 cm³/mol. The number of hydrogen-bond acceptors (Lipinski definition) is 12. The molecular weight excluding hydrogens is 522 g/mol. The van der Waals surface area contributed by atoms with Gasteiger partial charge in [0.2, 0.25) is 6.79 Å². The average Bonchev–Trinajstić information content (AvgIpc) is 3.27. The summed E-state index contributed by atoms with van der Waals surface area (Å²) in [5.74, 6) is -2.12. The number of fused-ring (bicyclic) bond motifs is 1. The van der Waals surface area contributed by atoms with Crippen LogP contribution in [0.2, 0.25) is 0 Å². The number of β-lactam (4-membered cyclic amide) rings is 1. The Hall–Kier alpha value is -3.39. The van der Waals surface area contributed by atoms with Gasteiger partial charge < -0.3 is 25.4 Å². The highest BCUT2D eigenvalue weighted by Gasteiger charge is 2.54. The summed E-state index contributed by atoms with van der Waals surface area (Å²) in [6.07, 6.45) is 3.45. The number of nitrogens with zero attached hydrogens (tertiary/aromatic N) is 3. The monoisotopic (exact) mass is 551 g/mol. The molecule has 3 rings (SSSR count). The van der Waals surface area contributed by atoms with Crippen LogP contribution in [0.25, 0.3) is 0 Å². The molecule has 0 aliphatic carbocycles. The highest BCUT2D eigenvalue weighted by molar-refractivity contribution is 8.00. The maximum atomic E-state index is 13.1. The van der Waals surface area contributed by atoms with Crippen LogP contribution in [0.15, 0.2) is 34.0 Å². The van der Waals surface area contributed by atoms with Gasteiger partial charge in [0.15, 0.2) is 10.8 Å². The number of rotatable bonds is 9. The predicted octanol–water partition coefficient (Wildman–Crippen LogP) is 1.79. The largest absolute Gasteiger partial charge is 0.427 e. The Morgan fingerprint density at radius 1 is 1.32 bits per heavy atom. The zero-order valence-electron chi connectivity index (χ0n) is 21.1. The number of amides is 2. The molecule has 3 N–H and O–H groups in total. The molecule has 0 unspecified atom stereocenters. The molecule has 3 heterocycles. The number of thioether (sulfide) groups is 1. The van der Waals surface area contributed by atoms with Gasteiger partial charge in [0.25, 0.3) is 11.8 Å². The summed E-state index contributed by atoms with van der Waals surface area (Å²) in [5, 5.41) is 7.75. The Morgan fingerprint density at radius 2 is 2.05 bits per heavy atom. The number of esters is 2. The quantitative estimate of drug-likeness (QED) is 0.152. The first-order valence-corrected chi connectivity index (χ1v) is 13.3. The zero-order chi connectivity index (χ0) is 27.3. The standard InChI is InChI=1S/C23H29N5O7S2/c1-6-8-12-9-36-19-15(26-17(29)14(27-35-7-2)13-10-37-22(24)25-13)18(30)28(19)16(12)20(31)33-11-34-21(32)23(3,4)5/h6,8,10,15,19H,7,9,11H2,1-5H3,(H2,24,25)(H,26,29)/b8-6-,27-14-/t15-,19+/m1/s1. The Morgan fingerprint density at radius 3 is 2.65 bits per heavy atom. The first-order chi connectivity index (χ1) is 17.5. The minimum Gasteiger partial charge on any atom is -0.427 e. The van der Waals surface area contributed by atoms with Crippen molar-refractivity contribution in [3.8, 4) is 0 Å². The first-order valence-electron chi connectivity index (χ1n) is 11.4.